The van der Waals surface area contributed by atoms with Crippen molar-refractivity contribution in [1.82, 2.24) is 9.38 Å². The van der Waals surface area contributed by atoms with E-state index in [-0.39, 0.29) is 5.97 Å². The number of rotatable bonds is 3. The molecule has 0 fully saturated rings. The molecule has 2 aromatic heterocycles. The molecular formula is C17H16N2O2. The van der Waals surface area contributed by atoms with Crippen molar-refractivity contribution in [3.05, 3.63) is 53.9 Å². The van der Waals surface area contributed by atoms with Gasteiger partial charge in [-0.1, -0.05) is 6.07 Å². The Bertz CT molecular complexity index is 846. The van der Waals surface area contributed by atoms with Crippen molar-refractivity contribution in [2.45, 2.75) is 13.8 Å². The van der Waals surface area contributed by atoms with Crippen LogP contribution in [0.1, 0.15) is 18.1 Å². The highest BCUT2D eigenvalue weighted by atomic mass is 16.5. The molecule has 0 aliphatic carbocycles. The predicted molar refractivity (Wildman–Crippen MR) is 83.1 cm³/mol. The molecule has 0 radical (unpaired) electrons. The van der Waals surface area contributed by atoms with Crippen LogP contribution in [0.4, 0.5) is 0 Å². The number of hydrogen-bond donors (Lipinski definition) is 0. The van der Waals surface area contributed by atoms with Crippen molar-refractivity contribution in [1.29, 1.82) is 0 Å². The summed E-state index contributed by atoms with van der Waals surface area (Å²) in [7, 11) is 0. The molecule has 3 rings (SSSR count). The Balaban J connectivity index is 2.07. The Morgan fingerprint density at radius 3 is 3.00 bits per heavy atom. The van der Waals surface area contributed by atoms with Crippen LogP contribution in [0, 0.1) is 6.92 Å². The Labute approximate surface area is 122 Å². The van der Waals surface area contributed by atoms with Crippen molar-refractivity contribution in [3.8, 4) is 0 Å². The van der Waals surface area contributed by atoms with Crippen LogP contribution in [-0.2, 0) is 9.53 Å². The van der Waals surface area contributed by atoms with Gasteiger partial charge in [-0.05, 0) is 43.7 Å². The van der Waals surface area contributed by atoms with E-state index in [1.807, 2.05) is 18.5 Å². The van der Waals surface area contributed by atoms with Crippen LogP contribution >= 0.6 is 0 Å². The third-order valence-electron chi connectivity index (χ3n) is 3.36. The first-order chi connectivity index (χ1) is 10.2. The zero-order valence-electron chi connectivity index (χ0n) is 12.0. The first-order valence-electron chi connectivity index (χ1n) is 6.90. The van der Waals surface area contributed by atoms with Crippen LogP contribution in [0.25, 0.3) is 22.6 Å². The molecule has 4 heteroatoms. The molecule has 0 bridgehead atoms. The number of aromatic nitrogens is 2. The highest BCUT2D eigenvalue weighted by Crippen LogP contribution is 2.20. The molecule has 0 amide bonds. The normalized spacial score (nSPS) is 11.5. The molecule has 0 saturated heterocycles. The summed E-state index contributed by atoms with van der Waals surface area (Å²) < 4.78 is 6.96. The van der Waals surface area contributed by atoms with Crippen LogP contribution < -0.4 is 0 Å². The van der Waals surface area contributed by atoms with Gasteiger partial charge in [-0.2, -0.15) is 0 Å². The van der Waals surface area contributed by atoms with E-state index in [1.165, 1.54) is 11.6 Å². The quantitative estimate of drug-likeness (QED) is 0.545. The van der Waals surface area contributed by atoms with Gasteiger partial charge in [0, 0.05) is 17.8 Å². The van der Waals surface area contributed by atoms with Gasteiger partial charge in [0.1, 0.15) is 0 Å². The lowest BCUT2D eigenvalue weighted by Crippen LogP contribution is -1.98. The molecule has 0 spiro atoms. The number of aryl methyl sites for hydroxylation is 1. The lowest BCUT2D eigenvalue weighted by molar-refractivity contribution is -0.137. The summed E-state index contributed by atoms with van der Waals surface area (Å²) in [5.41, 5.74) is 5.10. The second-order valence-corrected chi connectivity index (χ2v) is 4.86. The summed E-state index contributed by atoms with van der Waals surface area (Å²) in [4.78, 5) is 15.9. The van der Waals surface area contributed by atoms with Gasteiger partial charge in [-0.3, -0.25) is 4.98 Å². The largest absolute Gasteiger partial charge is 0.463 e. The molecular weight excluding hydrogens is 264 g/mol. The van der Waals surface area contributed by atoms with Gasteiger partial charge in [0.05, 0.1) is 29.4 Å². The van der Waals surface area contributed by atoms with Crippen LogP contribution in [0.15, 0.2) is 42.7 Å². The third kappa shape index (κ3) is 2.52. The van der Waals surface area contributed by atoms with Crippen molar-refractivity contribution >= 4 is 28.6 Å². The number of benzene rings is 1. The van der Waals surface area contributed by atoms with Gasteiger partial charge in [-0.15, -0.1) is 0 Å². The monoisotopic (exact) mass is 280 g/mol. The number of nitrogens with zero attached hydrogens (tertiary/aromatic N) is 2. The van der Waals surface area contributed by atoms with Crippen LogP contribution in [0.3, 0.4) is 0 Å². The second-order valence-electron chi connectivity index (χ2n) is 4.86. The molecule has 0 atom stereocenters. The van der Waals surface area contributed by atoms with Gasteiger partial charge in [0.2, 0.25) is 0 Å². The lowest BCUT2D eigenvalue weighted by atomic mass is 10.2. The third-order valence-corrected chi connectivity index (χ3v) is 3.36. The molecule has 0 aliphatic heterocycles. The van der Waals surface area contributed by atoms with Crippen LogP contribution in [0.2, 0.25) is 0 Å². The average Bonchev–Trinajstić information content (AvgIpc) is 2.88. The summed E-state index contributed by atoms with van der Waals surface area (Å²) in [6.45, 7) is 4.22. The molecule has 4 nitrogen and oxygen atoms in total. The minimum atomic E-state index is -0.332. The number of hydrogen-bond acceptors (Lipinski definition) is 3. The fraction of sp³-hybridized carbons (Fsp3) is 0.176. The van der Waals surface area contributed by atoms with Crippen molar-refractivity contribution in [2.24, 2.45) is 0 Å². The van der Waals surface area contributed by atoms with Gasteiger partial charge in [0.25, 0.3) is 0 Å². The Kier molecular flexibility index (Phi) is 3.44. The number of esters is 1. The summed E-state index contributed by atoms with van der Waals surface area (Å²) >= 11 is 0. The van der Waals surface area contributed by atoms with Crippen LogP contribution in [-0.4, -0.2) is 22.0 Å². The van der Waals surface area contributed by atoms with Crippen LogP contribution in [0.5, 0.6) is 0 Å². The standard InChI is InChI=1S/C17H16N2O2/c1-3-21-17(20)7-5-13-8-9-19-15-6-4-12(2)10-14(15)18-11-16(13)19/h4-11H,3H2,1-2H3/b7-5+. The molecule has 2 heterocycles. The zero-order valence-corrected chi connectivity index (χ0v) is 12.0. The molecule has 3 aromatic rings. The van der Waals surface area contributed by atoms with E-state index in [0.717, 1.165) is 22.1 Å². The molecule has 1 aromatic carbocycles. The molecule has 0 aliphatic rings. The number of fused-ring (bicyclic) bond motifs is 3. The van der Waals surface area contributed by atoms with E-state index in [2.05, 4.69) is 34.5 Å². The Morgan fingerprint density at radius 1 is 1.33 bits per heavy atom. The minimum Gasteiger partial charge on any atom is -0.463 e. The Morgan fingerprint density at radius 2 is 2.19 bits per heavy atom. The van der Waals surface area contributed by atoms with E-state index in [0.29, 0.717) is 6.61 Å². The summed E-state index contributed by atoms with van der Waals surface area (Å²) in [6, 6.07) is 8.15. The maximum atomic E-state index is 11.4. The first-order valence-corrected chi connectivity index (χ1v) is 6.90. The fourth-order valence-corrected chi connectivity index (χ4v) is 2.37. The minimum absolute atomic E-state index is 0.332. The molecule has 0 saturated carbocycles. The van der Waals surface area contributed by atoms with E-state index >= 15 is 0 Å². The number of carbonyl (C=O) groups is 1. The highest BCUT2D eigenvalue weighted by molar-refractivity contribution is 5.90. The summed E-state index contributed by atoms with van der Waals surface area (Å²) in [6.07, 6.45) is 7.01. The van der Waals surface area contributed by atoms with Gasteiger partial charge in [-0.25, -0.2) is 4.79 Å². The van der Waals surface area contributed by atoms with E-state index < -0.39 is 0 Å². The van der Waals surface area contributed by atoms with Gasteiger partial charge in [0.15, 0.2) is 0 Å². The lowest BCUT2D eigenvalue weighted by Gasteiger charge is -2.03. The average molecular weight is 280 g/mol. The zero-order chi connectivity index (χ0) is 14.8. The van der Waals surface area contributed by atoms with Crippen molar-refractivity contribution in [3.63, 3.8) is 0 Å². The fourth-order valence-electron chi connectivity index (χ4n) is 2.37. The SMILES string of the molecule is CCOC(=O)/C=C/c1ccn2c1cnc1cc(C)ccc12. The number of ether oxygens (including phenoxy) is 1. The maximum Gasteiger partial charge on any atom is 0.330 e. The van der Waals surface area contributed by atoms with E-state index in [1.54, 1.807) is 13.0 Å². The predicted octanol–water partition coefficient (Wildman–Crippen LogP) is 3.37. The smallest absolute Gasteiger partial charge is 0.330 e. The molecule has 106 valence electrons. The van der Waals surface area contributed by atoms with E-state index in [4.69, 9.17) is 4.74 Å². The maximum absolute atomic E-state index is 11.4. The molecule has 0 N–H and O–H groups in total. The number of carbonyl (C=O) groups excluding carboxylic acids is 1. The molecule has 21 heavy (non-hydrogen) atoms. The van der Waals surface area contributed by atoms with Gasteiger partial charge >= 0.3 is 5.97 Å². The first kappa shape index (κ1) is 13.4. The topological polar surface area (TPSA) is 43.6 Å². The highest BCUT2D eigenvalue weighted by Gasteiger charge is 2.05. The second kappa shape index (κ2) is 5.40. The van der Waals surface area contributed by atoms with E-state index in [9.17, 15) is 4.79 Å². The summed E-state index contributed by atoms with van der Waals surface area (Å²) in [5.74, 6) is -0.332. The van der Waals surface area contributed by atoms with Crippen molar-refractivity contribution in [2.75, 3.05) is 6.61 Å². The summed E-state index contributed by atoms with van der Waals surface area (Å²) in [5, 5.41) is 0. The molecule has 0 unspecified atom stereocenters. The van der Waals surface area contributed by atoms with Crippen molar-refractivity contribution < 1.29 is 9.53 Å². The van der Waals surface area contributed by atoms with Gasteiger partial charge < -0.3 is 9.14 Å². The Hall–Kier alpha value is -2.62.